The molecule has 3 heteroatoms. The molecule has 0 unspecified atom stereocenters. The fourth-order valence-corrected chi connectivity index (χ4v) is 2.13. The van der Waals surface area contributed by atoms with E-state index in [9.17, 15) is 4.79 Å². The first-order valence-corrected chi connectivity index (χ1v) is 5.32. The quantitative estimate of drug-likeness (QED) is 0.744. The van der Waals surface area contributed by atoms with Gasteiger partial charge in [0.2, 0.25) is 0 Å². The Balaban J connectivity index is 2.37. The number of hydrogen-bond acceptors (Lipinski definition) is 2. The van der Waals surface area contributed by atoms with Gasteiger partial charge in [0.1, 0.15) is 6.42 Å². The third kappa shape index (κ3) is 2.17. The Morgan fingerprint density at radius 3 is 3.07 bits per heavy atom. The van der Waals surface area contributed by atoms with Gasteiger partial charge < -0.3 is 5.11 Å². The van der Waals surface area contributed by atoms with Crippen molar-refractivity contribution in [3.8, 4) is 11.8 Å². The van der Waals surface area contributed by atoms with Crippen LogP contribution in [0.3, 0.4) is 0 Å². The Morgan fingerprint density at radius 1 is 1.40 bits per heavy atom. The van der Waals surface area contributed by atoms with E-state index >= 15 is 0 Å². The second kappa shape index (κ2) is 4.16. The molecule has 0 aliphatic carbocycles. The summed E-state index contributed by atoms with van der Waals surface area (Å²) in [6.07, 6.45) is -0.111. The predicted molar refractivity (Wildman–Crippen MR) is 61.0 cm³/mol. The van der Waals surface area contributed by atoms with Gasteiger partial charge in [0, 0.05) is 15.6 Å². The van der Waals surface area contributed by atoms with Crippen LogP contribution in [0.15, 0.2) is 29.6 Å². The van der Waals surface area contributed by atoms with Gasteiger partial charge >= 0.3 is 5.97 Å². The van der Waals surface area contributed by atoms with E-state index in [0.717, 1.165) is 10.9 Å². The molecule has 0 aliphatic rings. The first-order valence-electron chi connectivity index (χ1n) is 4.44. The Labute approximate surface area is 91.2 Å². The lowest BCUT2D eigenvalue weighted by atomic mass is 10.1. The van der Waals surface area contributed by atoms with Crippen molar-refractivity contribution < 1.29 is 9.90 Å². The Kier molecular flexibility index (Phi) is 2.70. The van der Waals surface area contributed by atoms with Crippen molar-refractivity contribution in [1.29, 1.82) is 0 Å². The van der Waals surface area contributed by atoms with Gasteiger partial charge in [-0.1, -0.05) is 17.9 Å². The molecule has 15 heavy (non-hydrogen) atoms. The van der Waals surface area contributed by atoms with E-state index in [4.69, 9.17) is 5.11 Å². The third-order valence-electron chi connectivity index (χ3n) is 1.96. The van der Waals surface area contributed by atoms with Gasteiger partial charge in [0.05, 0.1) is 0 Å². The molecule has 0 saturated heterocycles. The molecule has 0 aliphatic heterocycles. The van der Waals surface area contributed by atoms with Crippen molar-refractivity contribution in [3.05, 3.63) is 35.2 Å². The van der Waals surface area contributed by atoms with E-state index in [-0.39, 0.29) is 6.42 Å². The van der Waals surface area contributed by atoms with Gasteiger partial charge in [-0.15, -0.1) is 11.3 Å². The van der Waals surface area contributed by atoms with E-state index in [1.807, 2.05) is 29.6 Å². The maximum atomic E-state index is 10.3. The van der Waals surface area contributed by atoms with Crippen LogP contribution in [0.2, 0.25) is 0 Å². The molecule has 0 saturated carbocycles. The lowest BCUT2D eigenvalue weighted by Crippen LogP contribution is -1.90. The van der Waals surface area contributed by atoms with Crippen LogP contribution in [0.25, 0.3) is 10.1 Å². The summed E-state index contributed by atoms with van der Waals surface area (Å²) in [5.41, 5.74) is 0.898. The molecule has 1 aromatic carbocycles. The van der Waals surface area contributed by atoms with E-state index in [2.05, 4.69) is 11.8 Å². The maximum Gasteiger partial charge on any atom is 0.315 e. The molecule has 0 fully saturated rings. The third-order valence-corrected chi connectivity index (χ3v) is 2.84. The second-order valence-electron chi connectivity index (χ2n) is 3.01. The van der Waals surface area contributed by atoms with Crippen molar-refractivity contribution in [2.75, 3.05) is 0 Å². The molecule has 1 N–H and O–H groups in total. The van der Waals surface area contributed by atoms with Crippen LogP contribution < -0.4 is 0 Å². The molecule has 2 nitrogen and oxygen atoms in total. The van der Waals surface area contributed by atoms with Crippen LogP contribution in [0, 0.1) is 11.8 Å². The zero-order chi connectivity index (χ0) is 10.7. The summed E-state index contributed by atoms with van der Waals surface area (Å²) in [6, 6.07) is 7.88. The van der Waals surface area contributed by atoms with Gasteiger partial charge in [-0.2, -0.15) is 0 Å². The SMILES string of the molecule is O=C(O)CC#Cc1cccc2sccc12. The van der Waals surface area contributed by atoms with Crippen LogP contribution in [-0.2, 0) is 4.79 Å². The summed E-state index contributed by atoms with van der Waals surface area (Å²) in [7, 11) is 0. The smallest absolute Gasteiger partial charge is 0.315 e. The number of carboxylic acids is 1. The highest BCUT2D eigenvalue weighted by molar-refractivity contribution is 7.17. The van der Waals surface area contributed by atoms with Gasteiger partial charge in [0.15, 0.2) is 0 Å². The lowest BCUT2D eigenvalue weighted by Gasteiger charge is -1.92. The highest BCUT2D eigenvalue weighted by Crippen LogP contribution is 2.23. The van der Waals surface area contributed by atoms with Crippen LogP contribution in [0.5, 0.6) is 0 Å². The monoisotopic (exact) mass is 216 g/mol. The minimum Gasteiger partial charge on any atom is -0.481 e. The summed E-state index contributed by atoms with van der Waals surface area (Å²) in [5.74, 6) is 4.63. The van der Waals surface area contributed by atoms with Crippen molar-refractivity contribution in [3.63, 3.8) is 0 Å². The standard InChI is InChI=1S/C12H8O2S/c13-12(14)6-2-4-9-3-1-5-11-10(9)7-8-15-11/h1,3,5,7-8H,6H2,(H,13,14). The Hall–Kier alpha value is -1.79. The normalized spacial score (nSPS) is 9.60. The predicted octanol–water partition coefficient (Wildman–Crippen LogP) is 2.73. The number of hydrogen-bond donors (Lipinski definition) is 1. The highest BCUT2D eigenvalue weighted by Gasteiger charge is 1.98. The average molecular weight is 216 g/mol. The topological polar surface area (TPSA) is 37.3 Å². The molecular weight excluding hydrogens is 208 g/mol. The van der Waals surface area contributed by atoms with Crippen molar-refractivity contribution in [2.45, 2.75) is 6.42 Å². The van der Waals surface area contributed by atoms with Crippen LogP contribution >= 0.6 is 11.3 Å². The minimum atomic E-state index is -0.889. The fourth-order valence-electron chi connectivity index (χ4n) is 1.32. The zero-order valence-electron chi connectivity index (χ0n) is 7.86. The molecule has 0 bridgehead atoms. The van der Waals surface area contributed by atoms with Gasteiger partial charge in [-0.05, 0) is 23.6 Å². The summed E-state index contributed by atoms with van der Waals surface area (Å²) >= 11 is 1.66. The molecule has 1 aromatic heterocycles. The largest absolute Gasteiger partial charge is 0.481 e. The molecule has 0 atom stereocenters. The maximum absolute atomic E-state index is 10.3. The van der Waals surface area contributed by atoms with E-state index < -0.39 is 5.97 Å². The Bertz CT molecular complexity index is 557. The molecule has 74 valence electrons. The van der Waals surface area contributed by atoms with Gasteiger partial charge in [0.25, 0.3) is 0 Å². The Morgan fingerprint density at radius 2 is 2.27 bits per heavy atom. The summed E-state index contributed by atoms with van der Waals surface area (Å²) in [5, 5.41) is 11.6. The van der Waals surface area contributed by atoms with Crippen LogP contribution in [-0.4, -0.2) is 11.1 Å². The van der Waals surface area contributed by atoms with E-state index in [1.165, 1.54) is 4.70 Å². The van der Waals surface area contributed by atoms with Crippen molar-refractivity contribution in [1.82, 2.24) is 0 Å². The van der Waals surface area contributed by atoms with Gasteiger partial charge in [-0.3, -0.25) is 4.79 Å². The van der Waals surface area contributed by atoms with E-state index in [1.54, 1.807) is 11.3 Å². The molecule has 0 amide bonds. The summed E-state index contributed by atoms with van der Waals surface area (Å²) < 4.78 is 1.18. The van der Waals surface area contributed by atoms with Crippen LogP contribution in [0.1, 0.15) is 12.0 Å². The molecule has 0 radical (unpaired) electrons. The highest BCUT2D eigenvalue weighted by atomic mass is 32.1. The van der Waals surface area contributed by atoms with E-state index in [0.29, 0.717) is 0 Å². The number of carboxylic acid groups (broad SMARTS) is 1. The van der Waals surface area contributed by atoms with Crippen molar-refractivity contribution in [2.24, 2.45) is 0 Å². The summed E-state index contributed by atoms with van der Waals surface area (Å²) in [4.78, 5) is 10.3. The first-order chi connectivity index (χ1) is 7.27. The van der Waals surface area contributed by atoms with Crippen LogP contribution in [0.4, 0.5) is 0 Å². The average Bonchev–Trinajstić information content (AvgIpc) is 2.65. The van der Waals surface area contributed by atoms with Gasteiger partial charge in [-0.25, -0.2) is 0 Å². The number of fused-ring (bicyclic) bond motifs is 1. The molecule has 2 aromatic rings. The molecule has 0 spiro atoms. The number of carbonyl (C=O) groups is 1. The molecular formula is C12H8O2S. The second-order valence-corrected chi connectivity index (χ2v) is 3.96. The lowest BCUT2D eigenvalue weighted by molar-refractivity contribution is -0.135. The summed E-state index contributed by atoms with van der Waals surface area (Å²) in [6.45, 7) is 0. The molecule has 2 rings (SSSR count). The first kappa shape index (κ1) is 9.75. The number of benzene rings is 1. The minimum absolute atomic E-state index is 0.111. The fraction of sp³-hybridized carbons (Fsp3) is 0.0833. The number of thiophene rings is 1. The number of rotatable bonds is 1. The molecule has 1 heterocycles. The van der Waals surface area contributed by atoms with Crippen molar-refractivity contribution >= 4 is 27.4 Å². The number of aliphatic carboxylic acids is 1. The zero-order valence-corrected chi connectivity index (χ0v) is 8.67.